The van der Waals surface area contributed by atoms with E-state index in [2.05, 4.69) is 10.0 Å². The highest BCUT2D eigenvalue weighted by molar-refractivity contribution is 7.87. The summed E-state index contributed by atoms with van der Waals surface area (Å²) in [5.41, 5.74) is 0. The first-order valence-corrected chi connectivity index (χ1v) is 7.50. The molecule has 5 nitrogen and oxygen atoms in total. The average molecular weight is 247 g/mol. The van der Waals surface area contributed by atoms with Gasteiger partial charge in [-0.15, -0.1) is 0 Å². The van der Waals surface area contributed by atoms with E-state index < -0.39 is 10.2 Å². The summed E-state index contributed by atoms with van der Waals surface area (Å²) >= 11 is 0. The summed E-state index contributed by atoms with van der Waals surface area (Å²) in [7, 11) is -1.74. The minimum atomic E-state index is -3.23. The van der Waals surface area contributed by atoms with Crippen molar-refractivity contribution < 1.29 is 8.42 Å². The van der Waals surface area contributed by atoms with Crippen molar-refractivity contribution in [3.63, 3.8) is 0 Å². The Morgan fingerprint density at radius 3 is 2.56 bits per heavy atom. The Balaban J connectivity index is 2.08. The number of rotatable bonds is 3. The van der Waals surface area contributed by atoms with Crippen molar-refractivity contribution in [3.05, 3.63) is 0 Å². The molecule has 16 heavy (non-hydrogen) atoms. The summed E-state index contributed by atoms with van der Waals surface area (Å²) in [6.07, 6.45) is 4.21. The Kier molecular flexibility index (Phi) is 3.84. The normalized spacial score (nSPS) is 29.7. The quantitative estimate of drug-likeness (QED) is 0.733. The van der Waals surface area contributed by atoms with E-state index in [9.17, 15) is 8.42 Å². The van der Waals surface area contributed by atoms with E-state index in [-0.39, 0.29) is 6.04 Å². The first-order chi connectivity index (χ1) is 7.65. The lowest BCUT2D eigenvalue weighted by atomic mass is 9.89. The standard InChI is InChI=1S/C10H21N3O2S/c1-11-16(14,15)13-8-2-3-10(13)9-4-6-12-7-5-9/h9-12H,2-8H2,1H3. The molecule has 0 bridgehead atoms. The SMILES string of the molecule is CNS(=O)(=O)N1CCCC1C1CCNCC1. The van der Waals surface area contributed by atoms with Crippen molar-refractivity contribution in [2.45, 2.75) is 31.7 Å². The topological polar surface area (TPSA) is 61.4 Å². The second-order valence-corrected chi connectivity index (χ2v) is 6.44. The monoisotopic (exact) mass is 247 g/mol. The van der Waals surface area contributed by atoms with Crippen LogP contribution in [0.5, 0.6) is 0 Å². The Morgan fingerprint density at radius 2 is 1.94 bits per heavy atom. The average Bonchev–Trinajstić information content (AvgIpc) is 2.80. The fraction of sp³-hybridized carbons (Fsp3) is 1.00. The molecule has 1 atom stereocenters. The summed E-state index contributed by atoms with van der Waals surface area (Å²) in [5, 5.41) is 3.32. The zero-order valence-corrected chi connectivity index (χ0v) is 10.6. The third-order valence-electron chi connectivity index (χ3n) is 3.74. The van der Waals surface area contributed by atoms with Gasteiger partial charge in [-0.1, -0.05) is 0 Å². The van der Waals surface area contributed by atoms with Gasteiger partial charge in [0.15, 0.2) is 0 Å². The van der Waals surface area contributed by atoms with Crippen LogP contribution in [0.1, 0.15) is 25.7 Å². The highest BCUT2D eigenvalue weighted by Crippen LogP contribution is 2.30. The van der Waals surface area contributed by atoms with Gasteiger partial charge in [0.2, 0.25) is 0 Å². The highest BCUT2D eigenvalue weighted by Gasteiger charge is 2.38. The number of hydrogen-bond acceptors (Lipinski definition) is 3. The summed E-state index contributed by atoms with van der Waals surface area (Å²) in [6.45, 7) is 2.72. The number of piperidine rings is 1. The second kappa shape index (κ2) is 5.00. The predicted molar refractivity (Wildman–Crippen MR) is 63.3 cm³/mol. The van der Waals surface area contributed by atoms with Gasteiger partial charge < -0.3 is 5.32 Å². The molecule has 0 radical (unpaired) electrons. The molecule has 94 valence electrons. The summed E-state index contributed by atoms with van der Waals surface area (Å²) in [4.78, 5) is 0. The lowest BCUT2D eigenvalue weighted by Gasteiger charge is -2.33. The molecule has 2 heterocycles. The van der Waals surface area contributed by atoms with Crippen LogP contribution < -0.4 is 10.0 Å². The first kappa shape index (κ1) is 12.3. The summed E-state index contributed by atoms with van der Waals surface area (Å²) in [5.74, 6) is 0.534. The van der Waals surface area contributed by atoms with E-state index >= 15 is 0 Å². The number of hydrogen-bond donors (Lipinski definition) is 2. The molecule has 6 heteroatoms. The van der Waals surface area contributed by atoms with Crippen LogP contribution in [0.4, 0.5) is 0 Å². The molecule has 2 aliphatic rings. The molecule has 0 aromatic carbocycles. The Labute approximate surface area is 97.8 Å². The van der Waals surface area contributed by atoms with Gasteiger partial charge >= 0.3 is 0 Å². The van der Waals surface area contributed by atoms with E-state index in [4.69, 9.17) is 0 Å². The van der Waals surface area contributed by atoms with Gasteiger partial charge in [-0.05, 0) is 44.7 Å². The molecule has 0 aromatic heterocycles. The molecule has 0 aliphatic carbocycles. The molecule has 2 N–H and O–H groups in total. The van der Waals surface area contributed by atoms with Crippen molar-refractivity contribution in [2.24, 2.45) is 5.92 Å². The van der Waals surface area contributed by atoms with Gasteiger partial charge in [-0.3, -0.25) is 0 Å². The number of nitrogens with one attached hydrogen (secondary N) is 2. The van der Waals surface area contributed by atoms with Crippen LogP contribution in [0, 0.1) is 5.92 Å². The van der Waals surface area contributed by atoms with E-state index in [1.807, 2.05) is 0 Å². The molecule has 2 fully saturated rings. The van der Waals surface area contributed by atoms with Crippen molar-refractivity contribution >= 4 is 10.2 Å². The maximum absolute atomic E-state index is 11.9. The minimum absolute atomic E-state index is 0.222. The minimum Gasteiger partial charge on any atom is -0.317 e. The van der Waals surface area contributed by atoms with Crippen LogP contribution in [0.15, 0.2) is 0 Å². The molecule has 0 amide bonds. The van der Waals surface area contributed by atoms with Crippen LogP contribution in [0.3, 0.4) is 0 Å². The van der Waals surface area contributed by atoms with Crippen molar-refractivity contribution in [3.8, 4) is 0 Å². The Bertz CT molecular complexity index is 325. The fourth-order valence-corrected chi connectivity index (χ4v) is 4.12. The largest absolute Gasteiger partial charge is 0.317 e. The Hall–Kier alpha value is -0.170. The van der Waals surface area contributed by atoms with Crippen molar-refractivity contribution in [2.75, 3.05) is 26.7 Å². The van der Waals surface area contributed by atoms with Crippen molar-refractivity contribution in [1.29, 1.82) is 0 Å². The molecule has 2 aliphatic heterocycles. The summed E-state index contributed by atoms with van der Waals surface area (Å²) < 4.78 is 27.8. The smallest absolute Gasteiger partial charge is 0.279 e. The van der Waals surface area contributed by atoms with E-state index in [1.54, 1.807) is 4.31 Å². The number of nitrogens with zero attached hydrogens (tertiary/aromatic N) is 1. The third-order valence-corrected chi connectivity index (χ3v) is 5.33. The van der Waals surface area contributed by atoms with E-state index in [0.717, 1.165) is 38.8 Å². The molecule has 1 unspecified atom stereocenters. The van der Waals surface area contributed by atoms with E-state index in [0.29, 0.717) is 12.5 Å². The van der Waals surface area contributed by atoms with Crippen LogP contribution in [-0.4, -0.2) is 45.4 Å². The lowest BCUT2D eigenvalue weighted by Crippen LogP contribution is -2.47. The van der Waals surface area contributed by atoms with Gasteiger partial charge in [0.05, 0.1) is 0 Å². The van der Waals surface area contributed by atoms with Crippen LogP contribution in [-0.2, 0) is 10.2 Å². The van der Waals surface area contributed by atoms with Gasteiger partial charge in [-0.2, -0.15) is 12.7 Å². The molecule has 2 rings (SSSR count). The second-order valence-electron chi connectivity index (χ2n) is 4.62. The van der Waals surface area contributed by atoms with E-state index in [1.165, 1.54) is 7.05 Å². The van der Waals surface area contributed by atoms with Gasteiger partial charge in [0.1, 0.15) is 0 Å². The zero-order chi connectivity index (χ0) is 11.6. The Morgan fingerprint density at radius 1 is 1.25 bits per heavy atom. The van der Waals surface area contributed by atoms with Gasteiger partial charge in [0, 0.05) is 19.6 Å². The van der Waals surface area contributed by atoms with Crippen LogP contribution >= 0.6 is 0 Å². The molecular weight excluding hydrogens is 226 g/mol. The van der Waals surface area contributed by atoms with Crippen molar-refractivity contribution in [1.82, 2.24) is 14.3 Å². The highest BCUT2D eigenvalue weighted by atomic mass is 32.2. The maximum atomic E-state index is 11.9. The van der Waals surface area contributed by atoms with Gasteiger partial charge in [-0.25, -0.2) is 4.72 Å². The lowest BCUT2D eigenvalue weighted by molar-refractivity contribution is 0.234. The maximum Gasteiger partial charge on any atom is 0.279 e. The summed E-state index contributed by atoms with van der Waals surface area (Å²) in [6, 6.07) is 0.222. The van der Waals surface area contributed by atoms with Gasteiger partial charge in [0.25, 0.3) is 10.2 Å². The van der Waals surface area contributed by atoms with Crippen LogP contribution in [0.2, 0.25) is 0 Å². The molecule has 0 aromatic rings. The molecule has 2 saturated heterocycles. The zero-order valence-electron chi connectivity index (χ0n) is 9.78. The third kappa shape index (κ3) is 2.40. The molecular formula is C10H21N3O2S. The predicted octanol–water partition coefficient (Wildman–Crippen LogP) is -0.0854. The molecule has 0 saturated carbocycles. The molecule has 0 spiro atoms. The first-order valence-electron chi connectivity index (χ1n) is 6.06. The van der Waals surface area contributed by atoms with Crippen LogP contribution in [0.25, 0.3) is 0 Å². The fourth-order valence-electron chi connectivity index (χ4n) is 2.88.